The van der Waals surface area contributed by atoms with E-state index in [1.807, 2.05) is 12.1 Å². The molecule has 0 amide bonds. The lowest BCUT2D eigenvalue weighted by Crippen LogP contribution is -2.36. The van der Waals surface area contributed by atoms with Crippen LogP contribution in [0.2, 0.25) is 0 Å². The molecule has 0 bridgehead atoms. The van der Waals surface area contributed by atoms with Gasteiger partial charge >= 0.3 is 6.18 Å². The Kier molecular flexibility index (Phi) is 6.33. The largest absolute Gasteiger partial charge is 0.416 e. The summed E-state index contributed by atoms with van der Waals surface area (Å²) in [5, 5.41) is 1.37. The number of hydrogen-bond acceptors (Lipinski definition) is 0. The second-order valence-electron chi connectivity index (χ2n) is 9.34. The molecule has 0 N–H and O–H groups in total. The SMILES string of the molecule is CCCC(C)C1(c2ccc3c(F)c(-c4ccc(C(F)(F)F)cc4)ccc3c2)CCCCC1. The molecule has 1 unspecified atom stereocenters. The number of alkyl halides is 3. The molecule has 0 aliphatic heterocycles. The van der Waals surface area contributed by atoms with Crippen LogP contribution in [0.1, 0.15) is 69.9 Å². The van der Waals surface area contributed by atoms with Gasteiger partial charge in [-0.2, -0.15) is 13.2 Å². The highest BCUT2D eigenvalue weighted by Gasteiger charge is 2.38. The van der Waals surface area contributed by atoms with E-state index in [2.05, 4.69) is 26.0 Å². The molecule has 0 spiro atoms. The highest BCUT2D eigenvalue weighted by Crippen LogP contribution is 2.47. The lowest BCUT2D eigenvalue weighted by Gasteiger charge is -2.43. The Morgan fingerprint density at radius 1 is 0.906 bits per heavy atom. The van der Waals surface area contributed by atoms with Crippen molar-refractivity contribution in [1.29, 1.82) is 0 Å². The molecule has 4 rings (SSSR count). The summed E-state index contributed by atoms with van der Waals surface area (Å²) >= 11 is 0. The first kappa shape index (κ1) is 22.8. The van der Waals surface area contributed by atoms with Crippen molar-refractivity contribution in [2.45, 2.75) is 70.4 Å². The van der Waals surface area contributed by atoms with Crippen molar-refractivity contribution in [2.24, 2.45) is 5.92 Å². The molecule has 0 nitrogen and oxygen atoms in total. The molecular weight excluding hydrogens is 412 g/mol. The van der Waals surface area contributed by atoms with Crippen molar-refractivity contribution >= 4 is 10.8 Å². The average molecular weight is 443 g/mol. The molecule has 0 radical (unpaired) electrons. The van der Waals surface area contributed by atoms with Gasteiger partial charge in [-0.25, -0.2) is 4.39 Å². The lowest BCUT2D eigenvalue weighted by molar-refractivity contribution is -0.137. The Bertz CT molecular complexity index is 1070. The molecule has 32 heavy (non-hydrogen) atoms. The van der Waals surface area contributed by atoms with E-state index in [0.29, 0.717) is 22.4 Å². The van der Waals surface area contributed by atoms with Gasteiger partial charge in [0.25, 0.3) is 0 Å². The van der Waals surface area contributed by atoms with E-state index < -0.39 is 11.7 Å². The van der Waals surface area contributed by atoms with E-state index in [9.17, 15) is 13.2 Å². The first-order valence-electron chi connectivity index (χ1n) is 11.7. The first-order chi connectivity index (χ1) is 15.3. The van der Waals surface area contributed by atoms with Gasteiger partial charge < -0.3 is 0 Å². The molecule has 3 aromatic carbocycles. The van der Waals surface area contributed by atoms with E-state index in [-0.39, 0.29) is 11.2 Å². The summed E-state index contributed by atoms with van der Waals surface area (Å²) < 4.78 is 54.0. The summed E-state index contributed by atoms with van der Waals surface area (Å²) in [6, 6.07) is 14.4. The third kappa shape index (κ3) is 4.16. The zero-order chi connectivity index (χ0) is 22.9. The van der Waals surface area contributed by atoms with E-state index in [1.165, 1.54) is 56.2 Å². The fourth-order valence-electron chi connectivity index (χ4n) is 5.62. The summed E-state index contributed by atoms with van der Waals surface area (Å²) in [7, 11) is 0. The van der Waals surface area contributed by atoms with Gasteiger partial charge in [-0.3, -0.25) is 0 Å². The van der Waals surface area contributed by atoms with E-state index >= 15 is 4.39 Å². The van der Waals surface area contributed by atoms with Crippen LogP contribution in [-0.4, -0.2) is 0 Å². The van der Waals surface area contributed by atoms with Crippen molar-refractivity contribution < 1.29 is 17.6 Å². The van der Waals surface area contributed by atoms with Crippen LogP contribution in [0.15, 0.2) is 54.6 Å². The zero-order valence-electron chi connectivity index (χ0n) is 18.7. The second-order valence-corrected chi connectivity index (χ2v) is 9.34. The van der Waals surface area contributed by atoms with Crippen LogP contribution in [0.4, 0.5) is 17.6 Å². The quantitative estimate of drug-likeness (QED) is 0.345. The van der Waals surface area contributed by atoms with Crippen molar-refractivity contribution in [3.8, 4) is 11.1 Å². The van der Waals surface area contributed by atoms with Crippen molar-refractivity contribution in [2.75, 3.05) is 0 Å². The van der Waals surface area contributed by atoms with Gasteiger partial charge in [0.15, 0.2) is 0 Å². The Morgan fingerprint density at radius 3 is 2.22 bits per heavy atom. The van der Waals surface area contributed by atoms with Gasteiger partial charge in [0.1, 0.15) is 5.82 Å². The monoisotopic (exact) mass is 442 g/mol. The number of fused-ring (bicyclic) bond motifs is 1. The van der Waals surface area contributed by atoms with Gasteiger partial charge in [-0.15, -0.1) is 0 Å². The smallest absolute Gasteiger partial charge is 0.206 e. The van der Waals surface area contributed by atoms with Crippen LogP contribution in [0.3, 0.4) is 0 Å². The number of rotatable bonds is 5. The maximum Gasteiger partial charge on any atom is 0.416 e. The summed E-state index contributed by atoms with van der Waals surface area (Å²) in [5.74, 6) is 0.189. The summed E-state index contributed by atoms with van der Waals surface area (Å²) in [6.45, 7) is 4.58. The molecule has 3 aromatic rings. The van der Waals surface area contributed by atoms with Crippen LogP contribution in [0, 0.1) is 11.7 Å². The fourth-order valence-corrected chi connectivity index (χ4v) is 5.62. The van der Waals surface area contributed by atoms with Crippen molar-refractivity contribution in [3.05, 3.63) is 71.5 Å². The number of hydrogen-bond donors (Lipinski definition) is 0. The molecule has 0 saturated heterocycles. The van der Waals surface area contributed by atoms with E-state index in [1.54, 1.807) is 6.07 Å². The molecule has 1 aliphatic carbocycles. The average Bonchev–Trinajstić information content (AvgIpc) is 2.79. The highest BCUT2D eigenvalue weighted by molar-refractivity contribution is 5.89. The molecule has 170 valence electrons. The van der Waals surface area contributed by atoms with Crippen LogP contribution in [0.25, 0.3) is 21.9 Å². The van der Waals surface area contributed by atoms with Gasteiger partial charge in [0.2, 0.25) is 0 Å². The molecule has 0 aromatic heterocycles. The molecule has 1 aliphatic rings. The highest BCUT2D eigenvalue weighted by atomic mass is 19.4. The first-order valence-corrected chi connectivity index (χ1v) is 11.7. The molecule has 1 saturated carbocycles. The number of benzene rings is 3. The fraction of sp³-hybridized carbons (Fsp3) is 0.429. The van der Waals surface area contributed by atoms with Crippen molar-refractivity contribution in [3.63, 3.8) is 0 Å². The topological polar surface area (TPSA) is 0 Å². The second kappa shape index (κ2) is 8.88. The van der Waals surface area contributed by atoms with Gasteiger partial charge in [-0.1, -0.05) is 88.4 Å². The van der Waals surface area contributed by atoms with E-state index in [0.717, 1.165) is 23.9 Å². The Labute approximate surface area is 187 Å². The van der Waals surface area contributed by atoms with Gasteiger partial charge in [0.05, 0.1) is 5.56 Å². The van der Waals surface area contributed by atoms with Crippen molar-refractivity contribution in [1.82, 2.24) is 0 Å². The minimum Gasteiger partial charge on any atom is -0.206 e. The molecule has 0 heterocycles. The van der Waals surface area contributed by atoms with Crippen LogP contribution in [-0.2, 0) is 11.6 Å². The standard InChI is InChI=1S/C28H30F4/c1-3-7-19(2)27(16-5-4-6-17-27)23-13-15-25-21(18-23)10-14-24(26(25)29)20-8-11-22(12-9-20)28(30,31)32/h8-15,18-19H,3-7,16-17H2,1-2H3. The Morgan fingerprint density at radius 2 is 1.59 bits per heavy atom. The molecule has 1 fully saturated rings. The van der Waals surface area contributed by atoms with Gasteiger partial charge in [0, 0.05) is 10.9 Å². The Balaban J connectivity index is 1.73. The normalized spacial score (nSPS) is 17.4. The third-order valence-corrected chi connectivity index (χ3v) is 7.46. The Hall–Kier alpha value is -2.36. The number of halogens is 4. The van der Waals surface area contributed by atoms with E-state index in [4.69, 9.17) is 0 Å². The maximum absolute atomic E-state index is 15.4. The van der Waals surface area contributed by atoms with Crippen LogP contribution in [0.5, 0.6) is 0 Å². The summed E-state index contributed by atoms with van der Waals surface area (Å²) in [6.07, 6.45) is 4.01. The minimum absolute atomic E-state index is 0.144. The third-order valence-electron chi connectivity index (χ3n) is 7.46. The summed E-state index contributed by atoms with van der Waals surface area (Å²) in [5.41, 5.74) is 1.48. The molecular formula is C28H30F4. The maximum atomic E-state index is 15.4. The molecule has 1 atom stereocenters. The zero-order valence-corrected chi connectivity index (χ0v) is 18.7. The lowest BCUT2D eigenvalue weighted by atomic mass is 9.61. The predicted molar refractivity (Wildman–Crippen MR) is 123 cm³/mol. The van der Waals surface area contributed by atoms with Crippen LogP contribution < -0.4 is 0 Å². The van der Waals surface area contributed by atoms with Crippen LogP contribution >= 0.6 is 0 Å². The molecule has 4 heteroatoms. The van der Waals surface area contributed by atoms with Gasteiger partial charge in [-0.05, 0) is 52.8 Å². The summed E-state index contributed by atoms with van der Waals surface area (Å²) in [4.78, 5) is 0. The minimum atomic E-state index is -4.40. The predicted octanol–water partition coefficient (Wildman–Crippen LogP) is 9.30.